The molecule has 0 bridgehead atoms. The average Bonchev–Trinajstić information content (AvgIpc) is 2.82. The minimum atomic E-state index is -3.93. The topological polar surface area (TPSA) is 88.1 Å². The highest BCUT2D eigenvalue weighted by atomic mass is 32.2. The highest BCUT2D eigenvalue weighted by Gasteiger charge is 2.26. The van der Waals surface area contributed by atoms with Gasteiger partial charge in [0.15, 0.2) is 0 Å². The SMILES string of the molecule is O=C(CN(c1ccccc1)S(=O)(=O)c1ccccc1)N/N=C/c1ccc(OC2CSC2)cc1. The van der Waals surface area contributed by atoms with Crippen LogP contribution in [0.2, 0.25) is 0 Å². The van der Waals surface area contributed by atoms with Crippen LogP contribution >= 0.6 is 11.8 Å². The summed E-state index contributed by atoms with van der Waals surface area (Å²) in [6.07, 6.45) is 1.77. The lowest BCUT2D eigenvalue weighted by atomic mass is 10.2. The van der Waals surface area contributed by atoms with Crippen molar-refractivity contribution in [1.29, 1.82) is 0 Å². The lowest BCUT2D eigenvalue weighted by Gasteiger charge is -2.25. The van der Waals surface area contributed by atoms with Crippen LogP contribution < -0.4 is 14.5 Å². The van der Waals surface area contributed by atoms with Gasteiger partial charge in [0.2, 0.25) is 0 Å². The Labute approximate surface area is 197 Å². The normalized spacial score (nSPS) is 13.9. The van der Waals surface area contributed by atoms with Crippen molar-refractivity contribution in [2.45, 2.75) is 11.0 Å². The first-order valence-electron chi connectivity index (χ1n) is 10.3. The maximum absolute atomic E-state index is 13.2. The number of hydrogen-bond donors (Lipinski definition) is 1. The third-order valence-electron chi connectivity index (χ3n) is 4.86. The summed E-state index contributed by atoms with van der Waals surface area (Å²) in [5.41, 5.74) is 3.58. The molecule has 170 valence electrons. The van der Waals surface area contributed by atoms with Crippen LogP contribution in [0.3, 0.4) is 0 Å². The number of benzene rings is 3. The van der Waals surface area contributed by atoms with E-state index in [0.717, 1.165) is 27.1 Å². The van der Waals surface area contributed by atoms with Crippen LogP contribution in [0, 0.1) is 0 Å². The van der Waals surface area contributed by atoms with Crippen molar-refractivity contribution in [2.24, 2.45) is 5.10 Å². The molecule has 1 saturated heterocycles. The van der Waals surface area contributed by atoms with E-state index in [4.69, 9.17) is 4.74 Å². The molecule has 0 atom stereocenters. The standard InChI is InChI=1S/C24H23N3O4S2/c28-24(26-25-15-19-11-13-21(14-12-19)31-22-17-32-18-22)16-27(20-7-3-1-4-8-20)33(29,30)23-9-5-2-6-10-23/h1-15,22H,16-18H2,(H,26,28)/b25-15+. The van der Waals surface area contributed by atoms with E-state index in [1.165, 1.54) is 18.3 Å². The maximum atomic E-state index is 13.2. The molecular formula is C24H23N3O4S2. The van der Waals surface area contributed by atoms with Gasteiger partial charge in [0.05, 0.1) is 16.8 Å². The Kier molecular flexibility index (Phi) is 7.31. The molecule has 3 aromatic carbocycles. The van der Waals surface area contributed by atoms with Crippen LogP contribution in [0.4, 0.5) is 5.69 Å². The van der Waals surface area contributed by atoms with Gasteiger partial charge in [-0.05, 0) is 54.1 Å². The third-order valence-corrected chi connectivity index (χ3v) is 7.86. The summed E-state index contributed by atoms with van der Waals surface area (Å²) in [4.78, 5) is 12.7. The quantitative estimate of drug-likeness (QED) is 0.373. The number of nitrogens with zero attached hydrogens (tertiary/aromatic N) is 2. The number of hydrogen-bond acceptors (Lipinski definition) is 6. The second-order valence-electron chi connectivity index (χ2n) is 7.30. The van der Waals surface area contributed by atoms with E-state index in [-0.39, 0.29) is 11.0 Å². The molecule has 3 aromatic rings. The molecular weight excluding hydrogens is 458 g/mol. The zero-order valence-electron chi connectivity index (χ0n) is 17.7. The molecule has 1 amide bonds. The fraction of sp³-hybridized carbons (Fsp3) is 0.167. The number of ether oxygens (including phenoxy) is 1. The average molecular weight is 482 g/mol. The summed E-state index contributed by atoms with van der Waals surface area (Å²) in [5, 5.41) is 3.97. The molecule has 7 nitrogen and oxygen atoms in total. The number of para-hydroxylation sites is 1. The van der Waals surface area contributed by atoms with E-state index in [0.29, 0.717) is 5.69 Å². The molecule has 33 heavy (non-hydrogen) atoms. The van der Waals surface area contributed by atoms with Crippen LogP contribution in [-0.4, -0.2) is 44.7 Å². The van der Waals surface area contributed by atoms with Crippen LogP contribution in [0.25, 0.3) is 0 Å². The number of rotatable bonds is 9. The summed E-state index contributed by atoms with van der Waals surface area (Å²) >= 11 is 1.86. The molecule has 0 unspecified atom stereocenters. The van der Waals surface area contributed by atoms with E-state index >= 15 is 0 Å². The molecule has 4 rings (SSSR count). The van der Waals surface area contributed by atoms with Crippen LogP contribution in [0.15, 0.2) is 94.9 Å². The molecule has 0 aromatic heterocycles. The number of thioether (sulfide) groups is 1. The zero-order valence-corrected chi connectivity index (χ0v) is 19.3. The van der Waals surface area contributed by atoms with Gasteiger partial charge < -0.3 is 4.74 Å². The number of anilines is 1. The summed E-state index contributed by atoms with van der Waals surface area (Å²) in [6, 6.07) is 23.9. The zero-order chi connectivity index (χ0) is 23.1. The van der Waals surface area contributed by atoms with Crippen molar-refractivity contribution in [3.05, 3.63) is 90.5 Å². The smallest absolute Gasteiger partial charge is 0.264 e. The molecule has 1 fully saturated rings. The fourth-order valence-corrected chi connectivity index (χ4v) is 5.09. The van der Waals surface area contributed by atoms with Crippen LogP contribution in [0.5, 0.6) is 5.75 Å². The first kappa shape index (κ1) is 22.9. The highest BCUT2D eigenvalue weighted by Crippen LogP contribution is 2.24. The van der Waals surface area contributed by atoms with Crippen LogP contribution in [0.1, 0.15) is 5.56 Å². The molecule has 0 aliphatic carbocycles. The minimum absolute atomic E-state index is 0.105. The van der Waals surface area contributed by atoms with Gasteiger partial charge >= 0.3 is 0 Å². The lowest BCUT2D eigenvalue weighted by molar-refractivity contribution is -0.119. The van der Waals surface area contributed by atoms with E-state index in [1.807, 2.05) is 36.0 Å². The molecule has 1 N–H and O–H groups in total. The molecule has 1 aliphatic rings. The van der Waals surface area contributed by atoms with Crippen LogP contribution in [-0.2, 0) is 14.8 Å². The van der Waals surface area contributed by atoms with Crippen molar-refractivity contribution < 1.29 is 17.9 Å². The van der Waals surface area contributed by atoms with E-state index in [2.05, 4.69) is 10.5 Å². The Balaban J connectivity index is 1.42. The van der Waals surface area contributed by atoms with Gasteiger partial charge in [0.25, 0.3) is 15.9 Å². The first-order chi connectivity index (χ1) is 16.0. The molecule has 0 saturated carbocycles. The van der Waals surface area contributed by atoms with E-state index in [9.17, 15) is 13.2 Å². The summed E-state index contributed by atoms with van der Waals surface area (Å²) in [7, 11) is -3.93. The lowest BCUT2D eigenvalue weighted by Crippen LogP contribution is -2.39. The number of nitrogens with one attached hydrogen (secondary N) is 1. The molecule has 9 heteroatoms. The summed E-state index contributed by atoms with van der Waals surface area (Å²) < 4.78 is 33.3. The number of amides is 1. The van der Waals surface area contributed by atoms with Gasteiger partial charge in [-0.1, -0.05) is 36.4 Å². The molecule has 0 radical (unpaired) electrons. The monoisotopic (exact) mass is 481 g/mol. The molecule has 0 spiro atoms. The fourth-order valence-electron chi connectivity index (χ4n) is 3.08. The largest absolute Gasteiger partial charge is 0.489 e. The Hall–Kier alpha value is -3.30. The third kappa shape index (κ3) is 5.94. The first-order valence-corrected chi connectivity index (χ1v) is 12.9. The van der Waals surface area contributed by atoms with Gasteiger partial charge in [-0.25, -0.2) is 13.8 Å². The second-order valence-corrected chi connectivity index (χ2v) is 10.2. The van der Waals surface area contributed by atoms with Gasteiger partial charge in [-0.15, -0.1) is 0 Å². The Morgan fingerprint density at radius 1 is 1.00 bits per heavy atom. The van der Waals surface area contributed by atoms with E-state index < -0.39 is 22.5 Å². The number of carbonyl (C=O) groups is 1. The minimum Gasteiger partial charge on any atom is -0.489 e. The number of hydrazone groups is 1. The Bertz CT molecular complexity index is 1200. The molecule has 1 aliphatic heterocycles. The van der Waals surface area contributed by atoms with Gasteiger partial charge in [-0.3, -0.25) is 9.10 Å². The Morgan fingerprint density at radius 2 is 1.64 bits per heavy atom. The van der Waals surface area contributed by atoms with Gasteiger partial charge in [0, 0.05) is 11.5 Å². The van der Waals surface area contributed by atoms with Gasteiger partial charge in [0.1, 0.15) is 18.4 Å². The number of sulfonamides is 1. The maximum Gasteiger partial charge on any atom is 0.264 e. The van der Waals surface area contributed by atoms with Crippen molar-refractivity contribution >= 4 is 39.6 Å². The van der Waals surface area contributed by atoms with Crippen molar-refractivity contribution in [1.82, 2.24) is 5.43 Å². The second kappa shape index (κ2) is 10.5. The van der Waals surface area contributed by atoms with Gasteiger partial charge in [-0.2, -0.15) is 16.9 Å². The van der Waals surface area contributed by atoms with Crippen molar-refractivity contribution in [3.63, 3.8) is 0 Å². The van der Waals surface area contributed by atoms with Crippen molar-refractivity contribution in [2.75, 3.05) is 22.4 Å². The Morgan fingerprint density at radius 3 is 2.24 bits per heavy atom. The number of carbonyl (C=O) groups excluding carboxylic acids is 1. The predicted molar refractivity (Wildman–Crippen MR) is 131 cm³/mol. The molecule has 1 heterocycles. The summed E-state index contributed by atoms with van der Waals surface area (Å²) in [5.74, 6) is 2.26. The highest BCUT2D eigenvalue weighted by molar-refractivity contribution is 8.00. The van der Waals surface area contributed by atoms with Crippen molar-refractivity contribution in [3.8, 4) is 5.75 Å². The summed E-state index contributed by atoms with van der Waals surface area (Å²) in [6.45, 7) is -0.412. The van der Waals surface area contributed by atoms with E-state index in [1.54, 1.807) is 48.5 Å². The predicted octanol–water partition coefficient (Wildman–Crippen LogP) is 3.53.